The van der Waals surface area contributed by atoms with Gasteiger partial charge in [-0.05, 0) is 113 Å². The summed E-state index contributed by atoms with van der Waals surface area (Å²) in [5, 5.41) is 33.4. The van der Waals surface area contributed by atoms with Crippen LogP contribution in [0.1, 0.15) is 22.3 Å². The highest BCUT2D eigenvalue weighted by atomic mass is 19.4. The van der Waals surface area contributed by atoms with Crippen molar-refractivity contribution in [3.05, 3.63) is 192 Å². The van der Waals surface area contributed by atoms with Gasteiger partial charge in [-0.25, -0.2) is 0 Å². The van der Waals surface area contributed by atoms with Gasteiger partial charge in [-0.3, -0.25) is 0 Å². The van der Waals surface area contributed by atoms with Gasteiger partial charge in [0.15, 0.2) is 0 Å². The van der Waals surface area contributed by atoms with Crippen molar-refractivity contribution in [1.29, 1.82) is 15.8 Å². The van der Waals surface area contributed by atoms with Gasteiger partial charge in [-0.1, -0.05) is 84.9 Å². The van der Waals surface area contributed by atoms with Crippen molar-refractivity contribution in [2.24, 2.45) is 0 Å². The van der Waals surface area contributed by atoms with E-state index in [9.17, 15) is 29.0 Å². The summed E-state index contributed by atoms with van der Waals surface area (Å²) in [6, 6.07) is 58.4. The molecule has 0 atom stereocenters. The molecule has 0 radical (unpaired) electrons. The van der Waals surface area contributed by atoms with Crippen LogP contribution >= 0.6 is 0 Å². The Kier molecular flexibility index (Phi) is 8.35. The molecule has 10 rings (SSSR count). The number of rotatable bonds is 5. The predicted molar refractivity (Wildman–Crippen MR) is 231 cm³/mol. The van der Waals surface area contributed by atoms with Gasteiger partial charge in [-0.2, -0.15) is 29.0 Å². The molecule has 0 saturated carbocycles. The molecule has 282 valence electrons. The van der Waals surface area contributed by atoms with E-state index in [1.54, 1.807) is 36.4 Å². The van der Waals surface area contributed by atoms with Crippen LogP contribution in [0.2, 0.25) is 0 Å². The van der Waals surface area contributed by atoms with Crippen molar-refractivity contribution in [2.75, 3.05) is 0 Å². The SMILES string of the molecule is N#Cc1ccc(-c2ccc3c(c2)c2ccccc2n3-c2cc(-c3cccc(C(F)(F)F)c3)c(-n3c4ccccc4c4cc(-c5ccc(C#N)cc5)ccc43)cc2C#N)cc1. The highest BCUT2D eigenvalue weighted by Crippen LogP contribution is 2.43. The molecule has 0 bridgehead atoms. The van der Waals surface area contributed by atoms with Crippen LogP contribution in [0.5, 0.6) is 0 Å². The van der Waals surface area contributed by atoms with Gasteiger partial charge >= 0.3 is 6.18 Å². The van der Waals surface area contributed by atoms with E-state index in [1.165, 1.54) is 12.1 Å². The first-order valence-electron chi connectivity index (χ1n) is 19.1. The summed E-state index contributed by atoms with van der Waals surface area (Å²) in [5.41, 5.74) is 9.65. The number of hydrogen-bond donors (Lipinski definition) is 0. The molecule has 2 heterocycles. The molecule has 60 heavy (non-hydrogen) atoms. The lowest BCUT2D eigenvalue weighted by molar-refractivity contribution is -0.137. The van der Waals surface area contributed by atoms with Crippen LogP contribution in [-0.2, 0) is 6.18 Å². The number of nitrogens with zero attached hydrogens (tertiary/aromatic N) is 5. The number of nitriles is 3. The zero-order valence-electron chi connectivity index (χ0n) is 31.5. The molecule has 5 nitrogen and oxygen atoms in total. The maximum absolute atomic E-state index is 14.4. The third-order valence-corrected chi connectivity index (χ3v) is 11.3. The normalized spacial score (nSPS) is 11.5. The van der Waals surface area contributed by atoms with Gasteiger partial charge in [0.2, 0.25) is 0 Å². The minimum Gasteiger partial charge on any atom is -0.309 e. The lowest BCUT2D eigenvalue weighted by Crippen LogP contribution is -2.06. The quantitative estimate of drug-likeness (QED) is 0.174. The highest BCUT2D eigenvalue weighted by molar-refractivity contribution is 6.12. The van der Waals surface area contributed by atoms with Gasteiger partial charge < -0.3 is 9.13 Å². The van der Waals surface area contributed by atoms with E-state index in [4.69, 9.17) is 0 Å². The summed E-state index contributed by atoms with van der Waals surface area (Å²) < 4.78 is 47.2. The average molecular weight is 780 g/mol. The summed E-state index contributed by atoms with van der Waals surface area (Å²) in [5.74, 6) is 0. The van der Waals surface area contributed by atoms with Crippen molar-refractivity contribution in [2.45, 2.75) is 6.18 Å². The van der Waals surface area contributed by atoms with E-state index < -0.39 is 11.7 Å². The lowest BCUT2D eigenvalue weighted by Gasteiger charge is -2.19. The molecular weight excluding hydrogens is 752 g/mol. The molecule has 0 fully saturated rings. The van der Waals surface area contributed by atoms with E-state index in [0.717, 1.165) is 71.9 Å². The number of halogens is 3. The molecule has 0 spiro atoms. The molecule has 10 aromatic rings. The Morgan fingerprint density at radius 3 is 1.37 bits per heavy atom. The van der Waals surface area contributed by atoms with Crippen molar-refractivity contribution in [3.63, 3.8) is 0 Å². The molecule has 0 saturated heterocycles. The summed E-state index contributed by atoms with van der Waals surface area (Å²) in [6.45, 7) is 0. The van der Waals surface area contributed by atoms with Crippen molar-refractivity contribution in [1.82, 2.24) is 9.13 Å². The number of hydrogen-bond acceptors (Lipinski definition) is 3. The van der Waals surface area contributed by atoms with Gasteiger partial charge in [0.1, 0.15) is 6.07 Å². The van der Waals surface area contributed by atoms with E-state index in [1.807, 2.05) is 112 Å². The maximum Gasteiger partial charge on any atom is 0.416 e. The van der Waals surface area contributed by atoms with Crippen LogP contribution in [0.15, 0.2) is 170 Å². The van der Waals surface area contributed by atoms with E-state index in [0.29, 0.717) is 39.2 Å². The number of benzene rings is 8. The Hall–Kier alpha value is -8.38. The smallest absolute Gasteiger partial charge is 0.309 e. The highest BCUT2D eigenvalue weighted by Gasteiger charge is 2.31. The van der Waals surface area contributed by atoms with Crippen LogP contribution in [0.4, 0.5) is 13.2 Å². The zero-order valence-corrected chi connectivity index (χ0v) is 31.5. The third kappa shape index (κ3) is 5.85. The third-order valence-electron chi connectivity index (χ3n) is 11.3. The monoisotopic (exact) mass is 779 g/mol. The van der Waals surface area contributed by atoms with Crippen molar-refractivity contribution >= 4 is 43.6 Å². The standard InChI is InChI=1S/C52H28F3N5/c53-52(54,55)40-7-5-6-38(24-40)43-28-50(59-46-10-3-1-8-41(46)44-25-36(20-22-48(44)59)34-16-12-32(29-56)13-17-34)39(31-58)27-51(43)60-47-11-4-2-9-42(47)45-26-37(21-23-49(45)60)35-18-14-33(30-57)15-19-35/h1-28H. The Morgan fingerprint density at radius 1 is 0.383 bits per heavy atom. The number of aromatic nitrogens is 2. The molecule has 2 aromatic heterocycles. The Bertz CT molecular complexity index is 3500. The Morgan fingerprint density at radius 2 is 0.867 bits per heavy atom. The fourth-order valence-electron chi connectivity index (χ4n) is 8.43. The summed E-state index contributed by atoms with van der Waals surface area (Å²) in [7, 11) is 0. The number of alkyl halides is 3. The van der Waals surface area contributed by atoms with Gasteiger partial charge in [0.05, 0.1) is 67.8 Å². The van der Waals surface area contributed by atoms with Gasteiger partial charge in [0, 0.05) is 27.1 Å². The lowest BCUT2D eigenvalue weighted by atomic mass is 9.97. The first-order chi connectivity index (χ1) is 29.2. The second-order valence-electron chi connectivity index (χ2n) is 14.6. The van der Waals surface area contributed by atoms with Crippen LogP contribution < -0.4 is 0 Å². The molecule has 0 N–H and O–H groups in total. The fourth-order valence-corrected chi connectivity index (χ4v) is 8.43. The van der Waals surface area contributed by atoms with E-state index in [-0.39, 0.29) is 0 Å². The molecule has 0 aliphatic rings. The summed E-state index contributed by atoms with van der Waals surface area (Å²) in [6.07, 6.45) is -4.58. The maximum atomic E-state index is 14.4. The first-order valence-corrected chi connectivity index (χ1v) is 19.1. The Labute approximate surface area is 341 Å². The number of para-hydroxylation sites is 2. The average Bonchev–Trinajstić information content (AvgIpc) is 3.80. The van der Waals surface area contributed by atoms with Gasteiger partial charge in [0.25, 0.3) is 0 Å². The summed E-state index contributed by atoms with van der Waals surface area (Å²) >= 11 is 0. The predicted octanol–water partition coefficient (Wildman–Crippen LogP) is 13.5. The first kappa shape index (κ1) is 36.0. The molecule has 8 aromatic carbocycles. The fraction of sp³-hybridized carbons (Fsp3) is 0.0192. The van der Waals surface area contributed by atoms with Crippen LogP contribution in [0.25, 0.3) is 88.4 Å². The second-order valence-corrected chi connectivity index (χ2v) is 14.6. The zero-order chi connectivity index (χ0) is 41.1. The summed E-state index contributed by atoms with van der Waals surface area (Å²) in [4.78, 5) is 0. The molecule has 0 aliphatic heterocycles. The number of fused-ring (bicyclic) bond motifs is 6. The topological polar surface area (TPSA) is 81.2 Å². The van der Waals surface area contributed by atoms with Crippen LogP contribution in [0, 0.1) is 34.0 Å². The second kappa shape index (κ2) is 13.9. The molecule has 0 aliphatic carbocycles. The Balaban J connectivity index is 1.25. The molecule has 0 amide bonds. The van der Waals surface area contributed by atoms with E-state index in [2.05, 4.69) is 30.3 Å². The van der Waals surface area contributed by atoms with Crippen LogP contribution in [-0.4, -0.2) is 9.13 Å². The van der Waals surface area contributed by atoms with E-state index >= 15 is 0 Å². The minimum absolute atomic E-state index is 0.333. The molecule has 0 unspecified atom stereocenters. The minimum atomic E-state index is -4.58. The molecule has 8 heteroatoms. The molecular formula is C52H28F3N5. The van der Waals surface area contributed by atoms with Crippen molar-refractivity contribution in [3.8, 4) is 63.0 Å². The van der Waals surface area contributed by atoms with Crippen LogP contribution in [0.3, 0.4) is 0 Å². The van der Waals surface area contributed by atoms with Crippen molar-refractivity contribution < 1.29 is 13.2 Å². The largest absolute Gasteiger partial charge is 0.416 e. The van der Waals surface area contributed by atoms with Gasteiger partial charge in [-0.15, -0.1) is 0 Å².